The van der Waals surface area contributed by atoms with Crippen LogP contribution in [0.3, 0.4) is 0 Å². The maximum atomic E-state index is 12.8. The summed E-state index contributed by atoms with van der Waals surface area (Å²) in [7, 11) is 0. The Bertz CT molecular complexity index is 1230. The van der Waals surface area contributed by atoms with Crippen molar-refractivity contribution >= 4 is 16.8 Å². The average molecular weight is 539 g/mol. The Kier molecular flexibility index (Phi) is 12.3. The highest BCUT2D eigenvalue weighted by Gasteiger charge is 2.15. The van der Waals surface area contributed by atoms with E-state index in [2.05, 4.69) is 72.2 Å². The lowest BCUT2D eigenvalue weighted by molar-refractivity contribution is 0.0953. The molecule has 0 unspecified atom stereocenters. The van der Waals surface area contributed by atoms with Crippen LogP contribution in [0.15, 0.2) is 85.1 Å². The standard InChI is InChI=1S/C35H46N4O/c36-24-15-7-5-3-1-2-4-6-8-16-25-37-35(40)31-21-22-32-28-39(38-34(32)27-31)26-23-33(29-17-11-9-12-18-29)30-19-13-10-14-20-30/h9-14,17-22,27-28,33H,1-8,15-16,23-26,36H2,(H,37,40). The summed E-state index contributed by atoms with van der Waals surface area (Å²) < 4.78 is 2.02. The van der Waals surface area contributed by atoms with Crippen LogP contribution in [0, 0.1) is 0 Å². The van der Waals surface area contributed by atoms with Crippen molar-refractivity contribution in [1.82, 2.24) is 15.1 Å². The Morgan fingerprint density at radius 3 is 1.93 bits per heavy atom. The molecule has 212 valence electrons. The van der Waals surface area contributed by atoms with Crippen molar-refractivity contribution in [3.63, 3.8) is 0 Å². The van der Waals surface area contributed by atoms with Gasteiger partial charge in [0, 0.05) is 36.2 Å². The minimum absolute atomic E-state index is 0.0119. The number of unbranched alkanes of at least 4 members (excludes halogenated alkanes) is 9. The quantitative estimate of drug-likeness (QED) is 0.127. The summed E-state index contributed by atoms with van der Waals surface area (Å²) in [6, 6.07) is 27.2. The smallest absolute Gasteiger partial charge is 0.251 e. The molecule has 1 heterocycles. The van der Waals surface area contributed by atoms with Gasteiger partial charge >= 0.3 is 0 Å². The fourth-order valence-corrected chi connectivity index (χ4v) is 5.47. The monoisotopic (exact) mass is 538 g/mol. The summed E-state index contributed by atoms with van der Waals surface area (Å²) >= 11 is 0. The highest BCUT2D eigenvalue weighted by molar-refractivity contribution is 5.97. The summed E-state index contributed by atoms with van der Waals surface area (Å²) in [5.74, 6) is 0.296. The number of hydrogen-bond acceptors (Lipinski definition) is 3. The number of aromatic nitrogens is 2. The van der Waals surface area contributed by atoms with Crippen molar-refractivity contribution in [3.05, 3.63) is 102 Å². The van der Waals surface area contributed by atoms with Crippen LogP contribution in [-0.4, -0.2) is 28.8 Å². The molecular formula is C35H46N4O. The van der Waals surface area contributed by atoms with Gasteiger partial charge in [-0.1, -0.05) is 118 Å². The van der Waals surface area contributed by atoms with Crippen LogP contribution in [-0.2, 0) is 6.54 Å². The van der Waals surface area contributed by atoms with Crippen LogP contribution in [0.2, 0.25) is 0 Å². The van der Waals surface area contributed by atoms with E-state index in [0.29, 0.717) is 11.5 Å². The van der Waals surface area contributed by atoms with E-state index in [1.807, 2.05) is 22.9 Å². The van der Waals surface area contributed by atoms with E-state index in [0.717, 1.165) is 49.8 Å². The second kappa shape index (κ2) is 16.6. The van der Waals surface area contributed by atoms with Gasteiger partial charge in [0.25, 0.3) is 5.91 Å². The summed E-state index contributed by atoms with van der Waals surface area (Å²) in [4.78, 5) is 12.8. The highest BCUT2D eigenvalue weighted by atomic mass is 16.1. The van der Waals surface area contributed by atoms with Crippen LogP contribution in [0.4, 0.5) is 0 Å². The van der Waals surface area contributed by atoms with Crippen molar-refractivity contribution in [2.75, 3.05) is 13.1 Å². The molecule has 4 rings (SSSR count). The molecule has 1 aromatic heterocycles. The molecule has 0 saturated carbocycles. The fourth-order valence-electron chi connectivity index (χ4n) is 5.47. The molecule has 5 heteroatoms. The number of carbonyl (C=O) groups is 1. The zero-order valence-corrected chi connectivity index (χ0v) is 23.9. The minimum atomic E-state index is -0.0119. The van der Waals surface area contributed by atoms with Crippen molar-refractivity contribution in [2.24, 2.45) is 5.73 Å². The minimum Gasteiger partial charge on any atom is -0.352 e. The molecule has 0 aliphatic heterocycles. The molecule has 0 fully saturated rings. The van der Waals surface area contributed by atoms with Crippen LogP contribution in [0.5, 0.6) is 0 Å². The maximum absolute atomic E-state index is 12.8. The van der Waals surface area contributed by atoms with E-state index in [9.17, 15) is 4.79 Å². The second-order valence-corrected chi connectivity index (χ2v) is 10.9. The Hall–Kier alpha value is -3.44. The van der Waals surface area contributed by atoms with Gasteiger partial charge in [0.1, 0.15) is 0 Å². The number of aryl methyl sites for hydroxylation is 1. The predicted octanol–water partition coefficient (Wildman–Crippen LogP) is 7.85. The van der Waals surface area contributed by atoms with E-state index in [-0.39, 0.29) is 5.91 Å². The second-order valence-electron chi connectivity index (χ2n) is 10.9. The molecule has 40 heavy (non-hydrogen) atoms. The van der Waals surface area contributed by atoms with Gasteiger partial charge in [-0.2, -0.15) is 5.10 Å². The molecule has 0 atom stereocenters. The average Bonchev–Trinajstić information content (AvgIpc) is 3.41. The molecule has 0 saturated heterocycles. The zero-order valence-electron chi connectivity index (χ0n) is 23.9. The fraction of sp³-hybridized carbons (Fsp3) is 0.429. The Morgan fingerprint density at radius 2 is 1.32 bits per heavy atom. The van der Waals surface area contributed by atoms with Crippen molar-refractivity contribution < 1.29 is 4.79 Å². The first kappa shape index (κ1) is 29.5. The van der Waals surface area contributed by atoms with E-state index >= 15 is 0 Å². The van der Waals surface area contributed by atoms with E-state index in [1.54, 1.807) is 0 Å². The van der Waals surface area contributed by atoms with Gasteiger partial charge in [0.2, 0.25) is 0 Å². The molecule has 4 aromatic rings. The first-order chi connectivity index (χ1) is 19.7. The Balaban J connectivity index is 1.21. The van der Waals surface area contributed by atoms with Crippen LogP contribution >= 0.6 is 0 Å². The lowest BCUT2D eigenvalue weighted by atomic mass is 9.88. The number of fused-ring (bicyclic) bond motifs is 1. The molecule has 3 N–H and O–H groups in total. The molecule has 0 radical (unpaired) electrons. The molecule has 0 aliphatic rings. The maximum Gasteiger partial charge on any atom is 0.251 e. The van der Waals surface area contributed by atoms with Crippen molar-refractivity contribution in [2.45, 2.75) is 83.1 Å². The molecule has 5 nitrogen and oxygen atoms in total. The first-order valence-corrected chi connectivity index (χ1v) is 15.3. The number of nitrogens with two attached hydrogens (primary N) is 1. The number of nitrogens with one attached hydrogen (secondary N) is 1. The van der Waals surface area contributed by atoms with Gasteiger partial charge in [0.15, 0.2) is 0 Å². The molecule has 1 amide bonds. The number of carbonyl (C=O) groups excluding carboxylic acids is 1. The molecule has 0 spiro atoms. The Labute approximate surface area is 240 Å². The van der Waals surface area contributed by atoms with Crippen LogP contribution in [0.25, 0.3) is 10.9 Å². The number of hydrogen-bond donors (Lipinski definition) is 2. The summed E-state index contributed by atoms with van der Waals surface area (Å²) in [6.07, 6.45) is 15.5. The van der Waals surface area contributed by atoms with Gasteiger partial charge in [-0.15, -0.1) is 0 Å². The third-order valence-corrected chi connectivity index (χ3v) is 7.78. The van der Waals surface area contributed by atoms with E-state index < -0.39 is 0 Å². The normalized spacial score (nSPS) is 11.3. The molecule has 0 bridgehead atoms. The van der Waals surface area contributed by atoms with Crippen molar-refractivity contribution in [3.8, 4) is 0 Å². The summed E-state index contributed by atoms with van der Waals surface area (Å²) in [5.41, 5.74) is 9.73. The predicted molar refractivity (Wildman–Crippen MR) is 167 cm³/mol. The number of benzene rings is 3. The highest BCUT2D eigenvalue weighted by Crippen LogP contribution is 2.28. The first-order valence-electron chi connectivity index (χ1n) is 15.3. The van der Waals surface area contributed by atoms with Crippen molar-refractivity contribution in [1.29, 1.82) is 0 Å². The number of rotatable bonds is 18. The lowest BCUT2D eigenvalue weighted by Gasteiger charge is -2.18. The Morgan fingerprint density at radius 1 is 0.750 bits per heavy atom. The number of amides is 1. The number of nitrogens with zero attached hydrogens (tertiary/aromatic N) is 2. The lowest BCUT2D eigenvalue weighted by Crippen LogP contribution is -2.24. The van der Waals surface area contributed by atoms with Gasteiger partial charge in [-0.25, -0.2) is 0 Å². The van der Waals surface area contributed by atoms with Crippen LogP contribution in [0.1, 0.15) is 98.0 Å². The molecule has 3 aromatic carbocycles. The van der Waals surface area contributed by atoms with E-state index in [1.165, 1.54) is 62.5 Å². The third kappa shape index (κ3) is 9.34. The molecule has 0 aliphatic carbocycles. The van der Waals surface area contributed by atoms with E-state index in [4.69, 9.17) is 10.8 Å². The largest absolute Gasteiger partial charge is 0.352 e. The third-order valence-electron chi connectivity index (χ3n) is 7.78. The van der Waals surface area contributed by atoms with Gasteiger partial charge in [-0.3, -0.25) is 9.48 Å². The molecular weight excluding hydrogens is 492 g/mol. The topological polar surface area (TPSA) is 72.9 Å². The summed E-state index contributed by atoms with van der Waals surface area (Å²) in [5, 5.41) is 8.97. The SMILES string of the molecule is NCCCCCCCCCCCCNC(=O)c1ccc2cn(CCC(c3ccccc3)c3ccccc3)nc2c1. The van der Waals surface area contributed by atoms with Gasteiger partial charge in [0.05, 0.1) is 5.52 Å². The van der Waals surface area contributed by atoms with Crippen LogP contribution < -0.4 is 11.1 Å². The van der Waals surface area contributed by atoms with Gasteiger partial charge < -0.3 is 11.1 Å². The van der Waals surface area contributed by atoms with Gasteiger partial charge in [-0.05, 0) is 49.1 Å². The summed E-state index contributed by atoms with van der Waals surface area (Å²) in [6.45, 7) is 2.35. The zero-order chi connectivity index (χ0) is 27.8.